The summed E-state index contributed by atoms with van der Waals surface area (Å²) in [6, 6.07) is 7.20. The summed E-state index contributed by atoms with van der Waals surface area (Å²) in [6.07, 6.45) is 0.268. The number of carbonyl (C=O) groups excluding carboxylic acids is 2. The molecular formula is C12H10N2O5. The van der Waals surface area contributed by atoms with Crippen LogP contribution in [-0.2, 0) is 14.3 Å². The molecule has 0 N–H and O–H groups in total. The van der Waals surface area contributed by atoms with Crippen LogP contribution < -0.4 is 5.76 Å². The van der Waals surface area contributed by atoms with Gasteiger partial charge in [0.2, 0.25) is 11.9 Å². The Balaban J connectivity index is 2.44. The highest BCUT2D eigenvalue weighted by Crippen LogP contribution is 2.15. The molecule has 1 aromatic carbocycles. The van der Waals surface area contributed by atoms with Crippen LogP contribution in [0.2, 0.25) is 0 Å². The van der Waals surface area contributed by atoms with Gasteiger partial charge in [-0.05, 0) is 12.1 Å². The molecule has 1 unspecified atom stereocenters. The quantitative estimate of drug-likeness (QED) is 0.450. The van der Waals surface area contributed by atoms with E-state index in [1.165, 1.54) is 0 Å². The van der Waals surface area contributed by atoms with Gasteiger partial charge in [-0.15, -0.1) is 5.10 Å². The Labute approximate surface area is 107 Å². The van der Waals surface area contributed by atoms with Crippen LogP contribution in [0.1, 0.15) is 6.04 Å². The van der Waals surface area contributed by atoms with Crippen LogP contribution >= 0.6 is 0 Å². The molecule has 19 heavy (non-hydrogen) atoms. The molecule has 1 aromatic heterocycles. The van der Waals surface area contributed by atoms with Gasteiger partial charge in [-0.3, -0.25) is 0 Å². The summed E-state index contributed by atoms with van der Waals surface area (Å²) in [5, 5.41) is 3.83. The molecule has 0 saturated carbocycles. The molecule has 98 valence electrons. The minimum atomic E-state index is -1.45. The molecule has 0 spiro atoms. The van der Waals surface area contributed by atoms with Gasteiger partial charge in [0, 0.05) is 5.56 Å². The van der Waals surface area contributed by atoms with Crippen molar-refractivity contribution in [3.8, 4) is 11.5 Å². The van der Waals surface area contributed by atoms with Crippen molar-refractivity contribution in [3.05, 3.63) is 40.9 Å². The molecule has 7 nitrogen and oxygen atoms in total. The second-order valence-electron chi connectivity index (χ2n) is 3.59. The number of aromatic nitrogens is 2. The summed E-state index contributed by atoms with van der Waals surface area (Å²) in [4.78, 5) is 33.8. The van der Waals surface area contributed by atoms with Crippen LogP contribution in [0, 0.1) is 0 Å². The van der Waals surface area contributed by atoms with E-state index in [2.05, 4.69) is 9.84 Å². The molecule has 0 aliphatic heterocycles. The number of nitrogens with zero attached hydrogens (tertiary/aromatic N) is 2. The maximum Gasteiger partial charge on any atom is 0.438 e. The highest BCUT2D eigenvalue weighted by Gasteiger charge is 2.25. The van der Waals surface area contributed by atoms with Crippen LogP contribution in [-0.4, -0.2) is 29.1 Å². The number of ether oxygens (including phenoxy) is 1. The number of hydrogen-bond donors (Lipinski definition) is 0. The van der Waals surface area contributed by atoms with Crippen LogP contribution in [0.15, 0.2) is 39.5 Å². The Morgan fingerprint density at radius 3 is 2.68 bits per heavy atom. The SMILES string of the molecule is COC(=O)C(C=O)n1nc(-c2ccccc2)oc1=O. The molecule has 7 heteroatoms. The molecule has 0 amide bonds. The normalized spacial score (nSPS) is 11.8. The standard InChI is InChI=1S/C12H10N2O5/c1-18-11(16)9(7-15)14-12(17)19-10(13-14)8-5-3-2-4-6-8/h2-7,9H,1H3. The minimum absolute atomic E-state index is 0.0290. The van der Waals surface area contributed by atoms with E-state index in [0.717, 1.165) is 7.11 Å². The summed E-state index contributed by atoms with van der Waals surface area (Å²) in [7, 11) is 1.11. The second kappa shape index (κ2) is 5.30. The third kappa shape index (κ3) is 2.44. The molecule has 2 aromatic rings. The molecule has 0 radical (unpaired) electrons. The number of rotatable bonds is 4. The van der Waals surface area contributed by atoms with Gasteiger partial charge in [0.25, 0.3) is 0 Å². The van der Waals surface area contributed by atoms with Gasteiger partial charge in [0.15, 0.2) is 6.29 Å². The molecule has 0 aliphatic rings. The predicted octanol–water partition coefficient (Wildman–Crippen LogP) is 0.416. The first-order valence-corrected chi connectivity index (χ1v) is 5.35. The van der Waals surface area contributed by atoms with E-state index in [1.54, 1.807) is 30.3 Å². The highest BCUT2D eigenvalue weighted by atomic mass is 16.5. The summed E-state index contributed by atoms with van der Waals surface area (Å²) >= 11 is 0. The Bertz CT molecular complexity index is 644. The lowest BCUT2D eigenvalue weighted by molar-refractivity contribution is -0.146. The number of aldehydes is 1. The van der Waals surface area contributed by atoms with Gasteiger partial charge in [0.1, 0.15) is 0 Å². The fraction of sp³-hybridized carbons (Fsp3) is 0.167. The van der Waals surface area contributed by atoms with E-state index in [4.69, 9.17) is 4.42 Å². The Hall–Kier alpha value is -2.70. The number of esters is 1. The van der Waals surface area contributed by atoms with Crippen molar-refractivity contribution in [2.45, 2.75) is 6.04 Å². The van der Waals surface area contributed by atoms with Gasteiger partial charge >= 0.3 is 11.7 Å². The average molecular weight is 262 g/mol. The lowest BCUT2D eigenvalue weighted by Gasteiger charge is -2.04. The molecular weight excluding hydrogens is 252 g/mol. The van der Waals surface area contributed by atoms with Crippen LogP contribution in [0.5, 0.6) is 0 Å². The van der Waals surface area contributed by atoms with Gasteiger partial charge in [-0.1, -0.05) is 18.2 Å². The van der Waals surface area contributed by atoms with E-state index in [0.29, 0.717) is 10.2 Å². The van der Waals surface area contributed by atoms with Crippen molar-refractivity contribution >= 4 is 12.3 Å². The first-order valence-electron chi connectivity index (χ1n) is 5.35. The molecule has 0 aliphatic carbocycles. The Morgan fingerprint density at radius 1 is 1.42 bits per heavy atom. The number of carbonyl (C=O) groups is 2. The van der Waals surface area contributed by atoms with Crippen molar-refractivity contribution in [3.63, 3.8) is 0 Å². The van der Waals surface area contributed by atoms with Crippen molar-refractivity contribution in [2.75, 3.05) is 7.11 Å². The van der Waals surface area contributed by atoms with E-state index in [9.17, 15) is 14.4 Å². The highest BCUT2D eigenvalue weighted by molar-refractivity contribution is 5.89. The maximum atomic E-state index is 11.6. The van der Waals surface area contributed by atoms with E-state index in [-0.39, 0.29) is 12.2 Å². The monoisotopic (exact) mass is 262 g/mol. The second-order valence-corrected chi connectivity index (χ2v) is 3.59. The zero-order chi connectivity index (χ0) is 13.8. The molecule has 0 bridgehead atoms. The van der Waals surface area contributed by atoms with E-state index in [1.807, 2.05) is 0 Å². The third-order valence-corrected chi connectivity index (χ3v) is 2.43. The van der Waals surface area contributed by atoms with Crippen molar-refractivity contribution in [1.29, 1.82) is 0 Å². The van der Waals surface area contributed by atoms with Crippen molar-refractivity contribution in [2.24, 2.45) is 0 Å². The smallest absolute Gasteiger partial charge is 0.438 e. The van der Waals surface area contributed by atoms with Gasteiger partial charge in [-0.25, -0.2) is 9.59 Å². The molecule has 1 heterocycles. The fourth-order valence-electron chi connectivity index (χ4n) is 1.50. The number of methoxy groups -OCH3 is 1. The summed E-state index contributed by atoms with van der Waals surface area (Å²) in [6.45, 7) is 0. The van der Waals surface area contributed by atoms with Crippen LogP contribution in [0.4, 0.5) is 0 Å². The molecule has 0 saturated heterocycles. The summed E-state index contributed by atoms with van der Waals surface area (Å²) in [5.74, 6) is -1.76. The first kappa shape index (κ1) is 12.7. The molecule has 2 rings (SSSR count). The predicted molar refractivity (Wildman–Crippen MR) is 63.3 cm³/mol. The van der Waals surface area contributed by atoms with Crippen molar-refractivity contribution < 1.29 is 18.7 Å². The molecule has 0 fully saturated rings. The maximum absolute atomic E-state index is 11.6. The fourth-order valence-corrected chi connectivity index (χ4v) is 1.50. The lowest BCUT2D eigenvalue weighted by atomic mass is 10.2. The Morgan fingerprint density at radius 2 is 2.11 bits per heavy atom. The van der Waals surface area contributed by atoms with E-state index < -0.39 is 17.8 Å². The van der Waals surface area contributed by atoms with Crippen LogP contribution in [0.3, 0.4) is 0 Å². The summed E-state index contributed by atoms with van der Waals surface area (Å²) < 4.78 is 9.98. The largest absolute Gasteiger partial charge is 0.467 e. The summed E-state index contributed by atoms with van der Waals surface area (Å²) in [5.41, 5.74) is 0.563. The van der Waals surface area contributed by atoms with Crippen molar-refractivity contribution in [1.82, 2.24) is 9.78 Å². The Kier molecular flexibility index (Phi) is 3.56. The first-order chi connectivity index (χ1) is 9.17. The average Bonchev–Trinajstić information content (AvgIpc) is 2.82. The van der Waals surface area contributed by atoms with Gasteiger partial charge < -0.3 is 13.9 Å². The zero-order valence-electron chi connectivity index (χ0n) is 9.98. The minimum Gasteiger partial charge on any atom is -0.467 e. The lowest BCUT2D eigenvalue weighted by Crippen LogP contribution is -2.30. The number of benzene rings is 1. The van der Waals surface area contributed by atoms with E-state index >= 15 is 0 Å². The number of hydrogen-bond acceptors (Lipinski definition) is 6. The topological polar surface area (TPSA) is 91.4 Å². The molecule has 1 atom stereocenters. The van der Waals surface area contributed by atoms with Crippen LogP contribution in [0.25, 0.3) is 11.5 Å². The zero-order valence-corrected chi connectivity index (χ0v) is 9.98. The third-order valence-electron chi connectivity index (χ3n) is 2.43. The van der Waals surface area contributed by atoms with Gasteiger partial charge in [0.05, 0.1) is 7.11 Å². The van der Waals surface area contributed by atoms with Gasteiger partial charge in [-0.2, -0.15) is 4.68 Å².